The molecular formula is C16H21N5. The molecule has 0 spiro atoms. The Morgan fingerprint density at radius 3 is 2.71 bits per heavy atom. The Kier molecular flexibility index (Phi) is 4.01. The van der Waals surface area contributed by atoms with Crippen LogP contribution in [0.15, 0.2) is 42.7 Å². The van der Waals surface area contributed by atoms with Crippen molar-refractivity contribution in [2.24, 2.45) is 0 Å². The van der Waals surface area contributed by atoms with Gasteiger partial charge in [0, 0.05) is 32.7 Å². The van der Waals surface area contributed by atoms with Gasteiger partial charge < -0.3 is 15.1 Å². The van der Waals surface area contributed by atoms with Gasteiger partial charge >= 0.3 is 0 Å². The molecule has 0 bridgehead atoms. The quantitative estimate of drug-likeness (QED) is 0.933. The molecule has 110 valence electrons. The highest BCUT2D eigenvalue weighted by Crippen LogP contribution is 2.29. The van der Waals surface area contributed by atoms with Crippen molar-refractivity contribution in [1.29, 1.82) is 0 Å². The van der Waals surface area contributed by atoms with Gasteiger partial charge in [0.25, 0.3) is 0 Å². The molecule has 1 aliphatic rings. The van der Waals surface area contributed by atoms with Gasteiger partial charge in [-0.2, -0.15) is 0 Å². The summed E-state index contributed by atoms with van der Waals surface area (Å²) in [5.41, 5.74) is 1.33. The van der Waals surface area contributed by atoms with Gasteiger partial charge in [-0.25, -0.2) is 9.97 Å². The van der Waals surface area contributed by atoms with Crippen LogP contribution in [-0.4, -0.2) is 48.6 Å². The molecule has 2 heterocycles. The molecule has 0 aliphatic carbocycles. The van der Waals surface area contributed by atoms with E-state index in [9.17, 15) is 0 Å². The van der Waals surface area contributed by atoms with Crippen molar-refractivity contribution >= 4 is 11.6 Å². The molecule has 5 nitrogen and oxygen atoms in total. The van der Waals surface area contributed by atoms with Crippen LogP contribution in [0.1, 0.15) is 11.6 Å². The summed E-state index contributed by atoms with van der Waals surface area (Å²) >= 11 is 0. The Morgan fingerprint density at radius 1 is 1.14 bits per heavy atom. The SMILES string of the molecule is CNc1cc(N2CCN(C)CC2c2ccccc2)ncn1. The van der Waals surface area contributed by atoms with Crippen LogP contribution >= 0.6 is 0 Å². The molecule has 0 amide bonds. The van der Waals surface area contributed by atoms with Crippen molar-refractivity contribution in [3.8, 4) is 0 Å². The minimum atomic E-state index is 0.324. The maximum atomic E-state index is 4.47. The van der Waals surface area contributed by atoms with E-state index in [2.05, 4.69) is 62.5 Å². The summed E-state index contributed by atoms with van der Waals surface area (Å²) in [6, 6.07) is 13.0. The first-order valence-electron chi connectivity index (χ1n) is 7.28. The normalized spacial score (nSPS) is 19.5. The zero-order chi connectivity index (χ0) is 14.7. The average molecular weight is 283 g/mol. The second-order valence-electron chi connectivity index (χ2n) is 5.39. The first kappa shape index (κ1) is 13.8. The zero-order valence-corrected chi connectivity index (χ0v) is 12.5. The molecule has 2 aromatic rings. The topological polar surface area (TPSA) is 44.3 Å². The summed E-state index contributed by atoms with van der Waals surface area (Å²) in [7, 11) is 4.05. The first-order chi connectivity index (χ1) is 10.3. The van der Waals surface area contributed by atoms with Gasteiger partial charge in [-0.3, -0.25) is 0 Å². The molecule has 0 saturated carbocycles. The van der Waals surface area contributed by atoms with Crippen LogP contribution in [0.2, 0.25) is 0 Å². The predicted octanol–water partition coefficient (Wildman–Crippen LogP) is 2.01. The van der Waals surface area contributed by atoms with E-state index in [1.54, 1.807) is 6.33 Å². The molecule has 21 heavy (non-hydrogen) atoms. The van der Waals surface area contributed by atoms with Crippen LogP contribution in [-0.2, 0) is 0 Å². The Balaban J connectivity index is 1.94. The van der Waals surface area contributed by atoms with E-state index in [0.29, 0.717) is 6.04 Å². The van der Waals surface area contributed by atoms with E-state index >= 15 is 0 Å². The molecule has 1 fully saturated rings. The summed E-state index contributed by atoms with van der Waals surface area (Å²) in [5.74, 6) is 1.84. The highest BCUT2D eigenvalue weighted by atomic mass is 15.3. The maximum Gasteiger partial charge on any atom is 0.134 e. The summed E-state index contributed by atoms with van der Waals surface area (Å²) in [6.07, 6.45) is 1.63. The minimum Gasteiger partial charge on any atom is -0.373 e. The highest BCUT2D eigenvalue weighted by molar-refractivity contribution is 5.50. The second kappa shape index (κ2) is 6.10. The Labute approximate surface area is 125 Å². The second-order valence-corrected chi connectivity index (χ2v) is 5.39. The lowest BCUT2D eigenvalue weighted by Crippen LogP contribution is -2.47. The molecule has 0 radical (unpaired) electrons. The van der Waals surface area contributed by atoms with Crippen molar-refractivity contribution in [2.45, 2.75) is 6.04 Å². The molecule has 1 aromatic heterocycles. The van der Waals surface area contributed by atoms with E-state index in [-0.39, 0.29) is 0 Å². The van der Waals surface area contributed by atoms with Crippen LogP contribution in [0.5, 0.6) is 0 Å². The molecule has 1 unspecified atom stereocenters. The van der Waals surface area contributed by atoms with Crippen LogP contribution in [0.4, 0.5) is 11.6 Å². The average Bonchev–Trinajstić information content (AvgIpc) is 2.55. The third-order valence-electron chi connectivity index (χ3n) is 3.97. The Morgan fingerprint density at radius 2 is 1.95 bits per heavy atom. The number of nitrogens with one attached hydrogen (secondary N) is 1. The van der Waals surface area contributed by atoms with Crippen molar-refractivity contribution in [2.75, 3.05) is 43.9 Å². The van der Waals surface area contributed by atoms with Crippen molar-refractivity contribution in [1.82, 2.24) is 14.9 Å². The van der Waals surface area contributed by atoms with Gasteiger partial charge in [-0.15, -0.1) is 0 Å². The predicted molar refractivity (Wildman–Crippen MR) is 85.6 cm³/mol. The van der Waals surface area contributed by atoms with E-state index in [4.69, 9.17) is 0 Å². The largest absolute Gasteiger partial charge is 0.373 e. The van der Waals surface area contributed by atoms with E-state index < -0.39 is 0 Å². The maximum absolute atomic E-state index is 4.47. The fourth-order valence-electron chi connectivity index (χ4n) is 2.79. The zero-order valence-electron chi connectivity index (χ0n) is 12.5. The molecule has 1 N–H and O–H groups in total. The van der Waals surface area contributed by atoms with E-state index in [1.807, 2.05) is 13.1 Å². The summed E-state index contributed by atoms with van der Waals surface area (Å²) in [6.45, 7) is 3.02. The standard InChI is InChI=1S/C16H21N5/c1-17-15-10-16(19-12-18-15)21-9-8-20(2)11-14(21)13-6-4-3-5-7-13/h3-7,10,12,14H,8-9,11H2,1-2H3,(H,17,18,19). The first-order valence-corrected chi connectivity index (χ1v) is 7.28. The Hall–Kier alpha value is -2.14. The molecule has 3 rings (SSSR count). The fraction of sp³-hybridized carbons (Fsp3) is 0.375. The van der Waals surface area contributed by atoms with Crippen LogP contribution in [0, 0.1) is 0 Å². The third-order valence-corrected chi connectivity index (χ3v) is 3.97. The monoisotopic (exact) mass is 283 g/mol. The van der Waals surface area contributed by atoms with Gasteiger partial charge in [0.1, 0.15) is 18.0 Å². The molecule has 1 saturated heterocycles. The molecule has 1 atom stereocenters. The van der Waals surface area contributed by atoms with Crippen LogP contribution in [0.3, 0.4) is 0 Å². The summed E-state index contributed by atoms with van der Waals surface area (Å²) in [5, 5.41) is 3.08. The van der Waals surface area contributed by atoms with Crippen molar-refractivity contribution < 1.29 is 0 Å². The lowest BCUT2D eigenvalue weighted by molar-refractivity contribution is 0.268. The van der Waals surface area contributed by atoms with Gasteiger partial charge in [-0.1, -0.05) is 30.3 Å². The van der Waals surface area contributed by atoms with E-state index in [1.165, 1.54) is 5.56 Å². The highest BCUT2D eigenvalue weighted by Gasteiger charge is 2.27. The number of likely N-dealkylation sites (N-methyl/N-ethyl adjacent to an activating group) is 1. The smallest absolute Gasteiger partial charge is 0.134 e. The number of benzene rings is 1. The number of hydrogen-bond donors (Lipinski definition) is 1. The molecular weight excluding hydrogens is 262 g/mol. The number of anilines is 2. The van der Waals surface area contributed by atoms with Crippen molar-refractivity contribution in [3.05, 3.63) is 48.3 Å². The number of hydrogen-bond acceptors (Lipinski definition) is 5. The summed E-state index contributed by atoms with van der Waals surface area (Å²) < 4.78 is 0. The van der Waals surface area contributed by atoms with Gasteiger partial charge in [0.05, 0.1) is 6.04 Å². The van der Waals surface area contributed by atoms with Gasteiger partial charge in [0.15, 0.2) is 0 Å². The van der Waals surface area contributed by atoms with Crippen LogP contribution in [0.25, 0.3) is 0 Å². The van der Waals surface area contributed by atoms with Crippen LogP contribution < -0.4 is 10.2 Å². The number of rotatable bonds is 3. The lowest BCUT2D eigenvalue weighted by atomic mass is 10.0. The summed E-state index contributed by atoms with van der Waals surface area (Å²) in [4.78, 5) is 13.4. The molecule has 1 aliphatic heterocycles. The number of aromatic nitrogens is 2. The Bertz CT molecular complexity index is 586. The van der Waals surface area contributed by atoms with Gasteiger partial charge in [-0.05, 0) is 12.6 Å². The molecule has 1 aromatic carbocycles. The number of piperazine rings is 1. The minimum absolute atomic E-state index is 0.324. The third kappa shape index (κ3) is 2.97. The van der Waals surface area contributed by atoms with Gasteiger partial charge in [0.2, 0.25) is 0 Å². The fourth-order valence-corrected chi connectivity index (χ4v) is 2.79. The molecule has 5 heteroatoms. The lowest BCUT2D eigenvalue weighted by Gasteiger charge is -2.41. The van der Waals surface area contributed by atoms with Crippen molar-refractivity contribution in [3.63, 3.8) is 0 Å². The number of nitrogens with zero attached hydrogens (tertiary/aromatic N) is 4. The van der Waals surface area contributed by atoms with E-state index in [0.717, 1.165) is 31.3 Å².